The number of nitrogens with zero attached hydrogens (tertiary/aromatic N) is 2. The summed E-state index contributed by atoms with van der Waals surface area (Å²) in [4.78, 5) is 22.0. The fourth-order valence-electron chi connectivity index (χ4n) is 3.87. The molecule has 2 aromatic carbocycles. The number of para-hydroxylation sites is 1. The number of rotatable bonds is 4. The van der Waals surface area contributed by atoms with Crippen LogP contribution in [0, 0.1) is 26.7 Å². The Kier molecular flexibility index (Phi) is 5.20. The Bertz CT molecular complexity index is 1050. The molecule has 0 saturated carbocycles. The first kappa shape index (κ1) is 19.3. The molecule has 0 aliphatic carbocycles. The third-order valence-corrected chi connectivity index (χ3v) is 5.62. The maximum atomic E-state index is 12.8. The third-order valence-electron chi connectivity index (χ3n) is 5.62. The average molecular weight is 390 g/mol. The Morgan fingerprint density at radius 1 is 1.03 bits per heavy atom. The first-order chi connectivity index (χ1) is 13.9. The van der Waals surface area contributed by atoms with Crippen molar-refractivity contribution in [3.05, 3.63) is 64.8 Å². The number of carbonyl (C=O) groups is 1. The van der Waals surface area contributed by atoms with Crippen molar-refractivity contribution >= 4 is 22.8 Å². The number of hydrogen-bond acceptors (Lipinski definition) is 5. The van der Waals surface area contributed by atoms with E-state index >= 15 is 0 Å². The van der Waals surface area contributed by atoms with Crippen LogP contribution in [0.1, 0.15) is 29.3 Å². The second-order valence-corrected chi connectivity index (χ2v) is 7.94. The average Bonchev–Trinajstić information content (AvgIpc) is 2.67. The zero-order chi connectivity index (χ0) is 20.5. The monoisotopic (exact) mass is 389 g/mol. The molecule has 1 aromatic heterocycles. The summed E-state index contributed by atoms with van der Waals surface area (Å²) in [5.74, 6) is 0.409. The van der Waals surface area contributed by atoms with Crippen LogP contribution in [-0.4, -0.2) is 28.2 Å². The minimum Gasteiger partial charge on any atom is -0.323 e. The molecule has 150 valence electrons. The van der Waals surface area contributed by atoms with E-state index in [1.54, 1.807) is 0 Å². The Hall–Kier alpha value is -2.99. The van der Waals surface area contributed by atoms with E-state index < -0.39 is 6.29 Å². The number of amides is 1. The SMILES string of the molecule is Cc1ccc(CC2C(=O)NC(Nc3nc(C)c4cccc(C)c4n3)NC2C)cc1. The van der Waals surface area contributed by atoms with Gasteiger partial charge in [0.05, 0.1) is 17.1 Å². The summed E-state index contributed by atoms with van der Waals surface area (Å²) in [6, 6.07) is 14.4. The number of anilines is 1. The number of benzene rings is 2. The molecule has 4 rings (SSSR count). The van der Waals surface area contributed by atoms with Crippen LogP contribution in [0.25, 0.3) is 10.9 Å². The van der Waals surface area contributed by atoms with Gasteiger partial charge in [0.1, 0.15) is 0 Å². The zero-order valence-electron chi connectivity index (χ0n) is 17.3. The van der Waals surface area contributed by atoms with E-state index in [1.165, 1.54) is 11.1 Å². The molecule has 1 saturated heterocycles. The van der Waals surface area contributed by atoms with Gasteiger partial charge in [-0.05, 0) is 45.2 Å². The van der Waals surface area contributed by atoms with Crippen molar-refractivity contribution in [3.63, 3.8) is 0 Å². The largest absolute Gasteiger partial charge is 0.323 e. The molecule has 6 heteroatoms. The van der Waals surface area contributed by atoms with E-state index in [1.807, 2.05) is 39.0 Å². The van der Waals surface area contributed by atoms with Crippen molar-refractivity contribution in [1.82, 2.24) is 20.6 Å². The normalized spacial score (nSPS) is 21.8. The Balaban J connectivity index is 1.48. The molecule has 29 heavy (non-hydrogen) atoms. The fourth-order valence-corrected chi connectivity index (χ4v) is 3.87. The molecule has 3 unspecified atom stereocenters. The summed E-state index contributed by atoms with van der Waals surface area (Å²) in [5.41, 5.74) is 5.32. The second-order valence-electron chi connectivity index (χ2n) is 7.94. The zero-order valence-corrected chi connectivity index (χ0v) is 17.3. The molecule has 3 atom stereocenters. The van der Waals surface area contributed by atoms with E-state index in [4.69, 9.17) is 0 Å². The molecule has 3 aromatic rings. The number of nitrogens with one attached hydrogen (secondary N) is 3. The van der Waals surface area contributed by atoms with Crippen molar-refractivity contribution in [3.8, 4) is 0 Å². The lowest BCUT2D eigenvalue weighted by Crippen LogP contribution is -2.63. The first-order valence-corrected chi connectivity index (χ1v) is 10.0. The molecule has 1 amide bonds. The van der Waals surface area contributed by atoms with Gasteiger partial charge in [0.2, 0.25) is 11.9 Å². The molecular formula is C23H27N5O. The third kappa shape index (κ3) is 4.07. The number of aromatic nitrogens is 2. The minimum atomic E-state index is -0.410. The molecule has 1 fully saturated rings. The van der Waals surface area contributed by atoms with Crippen molar-refractivity contribution in [1.29, 1.82) is 0 Å². The van der Waals surface area contributed by atoms with E-state index in [2.05, 4.69) is 57.1 Å². The fraction of sp³-hybridized carbons (Fsp3) is 0.348. The number of carbonyl (C=O) groups excluding carboxylic acids is 1. The molecule has 1 aliphatic heterocycles. The standard InChI is InChI=1S/C23H27N5O/c1-13-8-10-17(11-9-13)12-19-16(4)25-23(27-21(19)29)28-22-24-15(3)18-7-5-6-14(2)20(18)26-22/h5-11,16,19,23,25H,12H2,1-4H3,(H,27,29)(H,24,26,28). The van der Waals surface area contributed by atoms with Crippen molar-refractivity contribution in [2.45, 2.75) is 46.4 Å². The van der Waals surface area contributed by atoms with Gasteiger partial charge >= 0.3 is 0 Å². The predicted octanol–water partition coefficient (Wildman–Crippen LogP) is 3.22. The summed E-state index contributed by atoms with van der Waals surface area (Å²) in [7, 11) is 0. The van der Waals surface area contributed by atoms with Crippen LogP contribution in [0.4, 0.5) is 5.95 Å². The van der Waals surface area contributed by atoms with E-state index in [0.29, 0.717) is 12.4 Å². The Labute approximate surface area is 171 Å². The van der Waals surface area contributed by atoms with Gasteiger partial charge in [0, 0.05) is 11.4 Å². The van der Waals surface area contributed by atoms with Crippen molar-refractivity contribution in [2.24, 2.45) is 5.92 Å². The highest BCUT2D eigenvalue weighted by atomic mass is 16.2. The van der Waals surface area contributed by atoms with Gasteiger partial charge in [-0.1, -0.05) is 48.0 Å². The van der Waals surface area contributed by atoms with Crippen molar-refractivity contribution < 1.29 is 4.79 Å². The highest BCUT2D eigenvalue weighted by Crippen LogP contribution is 2.21. The lowest BCUT2D eigenvalue weighted by Gasteiger charge is -2.36. The van der Waals surface area contributed by atoms with Gasteiger partial charge < -0.3 is 10.6 Å². The quantitative estimate of drug-likeness (QED) is 0.639. The predicted molar refractivity (Wildman–Crippen MR) is 116 cm³/mol. The van der Waals surface area contributed by atoms with Gasteiger partial charge in [-0.15, -0.1) is 0 Å². The molecule has 6 nitrogen and oxygen atoms in total. The first-order valence-electron chi connectivity index (χ1n) is 10.0. The van der Waals surface area contributed by atoms with E-state index in [9.17, 15) is 4.79 Å². The van der Waals surface area contributed by atoms with Crippen LogP contribution in [-0.2, 0) is 11.2 Å². The van der Waals surface area contributed by atoms with Crippen LogP contribution in [0.5, 0.6) is 0 Å². The van der Waals surface area contributed by atoms with E-state index in [-0.39, 0.29) is 17.9 Å². The van der Waals surface area contributed by atoms with Gasteiger partial charge in [-0.3, -0.25) is 10.1 Å². The van der Waals surface area contributed by atoms with Gasteiger partial charge in [0.15, 0.2) is 6.29 Å². The summed E-state index contributed by atoms with van der Waals surface area (Å²) in [6.07, 6.45) is 0.297. The van der Waals surface area contributed by atoms with E-state index in [0.717, 1.165) is 22.2 Å². The smallest absolute Gasteiger partial charge is 0.227 e. The van der Waals surface area contributed by atoms with Gasteiger partial charge in [-0.25, -0.2) is 9.97 Å². The van der Waals surface area contributed by atoms with Crippen LogP contribution in [0.15, 0.2) is 42.5 Å². The highest BCUT2D eigenvalue weighted by Gasteiger charge is 2.33. The topological polar surface area (TPSA) is 78.9 Å². The molecule has 1 aliphatic rings. The molecule has 3 N–H and O–H groups in total. The number of aryl methyl sites for hydroxylation is 3. The van der Waals surface area contributed by atoms with Crippen LogP contribution in [0.2, 0.25) is 0 Å². The number of fused-ring (bicyclic) bond motifs is 1. The summed E-state index contributed by atoms with van der Waals surface area (Å²) >= 11 is 0. The van der Waals surface area contributed by atoms with Crippen LogP contribution in [0.3, 0.4) is 0 Å². The molecule has 0 bridgehead atoms. The summed E-state index contributed by atoms with van der Waals surface area (Å²) in [6.45, 7) is 8.12. The Morgan fingerprint density at radius 3 is 2.52 bits per heavy atom. The number of hydrogen-bond donors (Lipinski definition) is 3. The summed E-state index contributed by atoms with van der Waals surface area (Å²) < 4.78 is 0. The summed E-state index contributed by atoms with van der Waals surface area (Å²) in [5, 5.41) is 10.7. The van der Waals surface area contributed by atoms with Crippen LogP contribution >= 0.6 is 0 Å². The van der Waals surface area contributed by atoms with Gasteiger partial charge in [-0.2, -0.15) is 0 Å². The van der Waals surface area contributed by atoms with Crippen LogP contribution < -0.4 is 16.0 Å². The lowest BCUT2D eigenvalue weighted by atomic mass is 9.90. The van der Waals surface area contributed by atoms with Gasteiger partial charge in [0.25, 0.3) is 0 Å². The minimum absolute atomic E-state index is 0.0193. The maximum Gasteiger partial charge on any atom is 0.227 e. The second kappa shape index (κ2) is 7.79. The molecule has 0 spiro atoms. The molecule has 0 radical (unpaired) electrons. The lowest BCUT2D eigenvalue weighted by molar-refractivity contribution is -0.128. The van der Waals surface area contributed by atoms with Crippen molar-refractivity contribution in [2.75, 3.05) is 5.32 Å². The highest BCUT2D eigenvalue weighted by molar-refractivity contribution is 5.85. The molecule has 2 heterocycles. The molecular weight excluding hydrogens is 362 g/mol. The Morgan fingerprint density at radius 2 is 1.79 bits per heavy atom. The maximum absolute atomic E-state index is 12.8.